The average molecular weight is 513 g/mol. The van der Waals surface area contributed by atoms with E-state index in [9.17, 15) is 4.79 Å². The number of carbonyl (C=O) groups is 1. The Morgan fingerprint density at radius 2 is 1.97 bits per heavy atom. The molecule has 0 aromatic heterocycles. The van der Waals surface area contributed by atoms with E-state index in [-0.39, 0.29) is 35.8 Å². The lowest BCUT2D eigenvalue weighted by Gasteiger charge is -2.24. The van der Waals surface area contributed by atoms with Gasteiger partial charge in [0, 0.05) is 37.8 Å². The van der Waals surface area contributed by atoms with Crippen molar-refractivity contribution in [1.29, 1.82) is 0 Å². The minimum Gasteiger partial charge on any atom is -0.355 e. The minimum absolute atomic E-state index is 0. The molecule has 3 N–H and O–H groups in total. The SMILES string of the molecule is CCN1CCCC1CNC(=NC)NCc1cccc(NC(=O)C2CCCC2)c1.I. The van der Waals surface area contributed by atoms with Gasteiger partial charge < -0.3 is 16.0 Å². The molecule has 2 aliphatic rings. The second-order valence-corrected chi connectivity index (χ2v) is 7.90. The van der Waals surface area contributed by atoms with Crippen molar-refractivity contribution in [2.45, 2.75) is 58.0 Å². The summed E-state index contributed by atoms with van der Waals surface area (Å²) in [5, 5.41) is 9.92. The van der Waals surface area contributed by atoms with Gasteiger partial charge in [-0.1, -0.05) is 31.9 Å². The number of halogens is 1. The van der Waals surface area contributed by atoms with Crippen LogP contribution in [-0.2, 0) is 11.3 Å². The summed E-state index contributed by atoms with van der Waals surface area (Å²) in [5.41, 5.74) is 2.01. The van der Waals surface area contributed by atoms with E-state index in [1.165, 1.54) is 32.2 Å². The van der Waals surface area contributed by atoms with E-state index in [1.807, 2.05) is 18.2 Å². The van der Waals surface area contributed by atoms with Crippen LogP contribution in [0.25, 0.3) is 0 Å². The number of rotatable bonds is 7. The maximum absolute atomic E-state index is 12.3. The average Bonchev–Trinajstić information content (AvgIpc) is 3.40. The highest BCUT2D eigenvalue weighted by Gasteiger charge is 2.23. The zero-order valence-electron chi connectivity index (χ0n) is 17.7. The van der Waals surface area contributed by atoms with Gasteiger partial charge >= 0.3 is 0 Å². The number of hydrogen-bond donors (Lipinski definition) is 3. The Morgan fingerprint density at radius 1 is 1.17 bits per heavy atom. The van der Waals surface area contributed by atoms with Gasteiger partial charge in [-0.2, -0.15) is 0 Å². The van der Waals surface area contributed by atoms with Crippen LogP contribution >= 0.6 is 24.0 Å². The fraction of sp³-hybridized carbons (Fsp3) is 0.636. The zero-order valence-corrected chi connectivity index (χ0v) is 20.1. The van der Waals surface area contributed by atoms with E-state index >= 15 is 0 Å². The van der Waals surface area contributed by atoms with Crippen molar-refractivity contribution < 1.29 is 4.79 Å². The summed E-state index contributed by atoms with van der Waals surface area (Å²) < 4.78 is 0. The molecule has 6 nitrogen and oxygen atoms in total. The first-order valence-electron chi connectivity index (χ1n) is 10.8. The highest BCUT2D eigenvalue weighted by molar-refractivity contribution is 14.0. The third-order valence-electron chi connectivity index (χ3n) is 6.01. The van der Waals surface area contributed by atoms with Crippen molar-refractivity contribution in [2.75, 3.05) is 32.0 Å². The molecule has 1 aliphatic heterocycles. The number of nitrogens with one attached hydrogen (secondary N) is 3. The molecule has 1 saturated heterocycles. The third kappa shape index (κ3) is 7.13. The summed E-state index contributed by atoms with van der Waals surface area (Å²) >= 11 is 0. The van der Waals surface area contributed by atoms with Crippen LogP contribution in [0.4, 0.5) is 5.69 Å². The van der Waals surface area contributed by atoms with Gasteiger partial charge in [0.2, 0.25) is 5.91 Å². The van der Waals surface area contributed by atoms with Gasteiger partial charge in [-0.15, -0.1) is 24.0 Å². The second kappa shape index (κ2) is 12.4. The van der Waals surface area contributed by atoms with Crippen LogP contribution in [0.3, 0.4) is 0 Å². The van der Waals surface area contributed by atoms with Crippen LogP contribution in [0.2, 0.25) is 0 Å². The summed E-state index contributed by atoms with van der Waals surface area (Å²) in [4.78, 5) is 19.2. The molecule has 1 saturated carbocycles. The molecular formula is C22H36IN5O. The minimum atomic E-state index is 0. The smallest absolute Gasteiger partial charge is 0.227 e. The highest BCUT2D eigenvalue weighted by Crippen LogP contribution is 2.26. The summed E-state index contributed by atoms with van der Waals surface area (Å²) in [6.07, 6.45) is 6.92. The predicted octanol–water partition coefficient (Wildman–Crippen LogP) is 3.58. The molecular weight excluding hydrogens is 477 g/mol. The Bertz CT molecular complexity index is 675. The highest BCUT2D eigenvalue weighted by atomic mass is 127. The second-order valence-electron chi connectivity index (χ2n) is 7.90. The van der Waals surface area contributed by atoms with Gasteiger partial charge in [-0.25, -0.2) is 0 Å². The van der Waals surface area contributed by atoms with Crippen LogP contribution in [0.1, 0.15) is 51.0 Å². The van der Waals surface area contributed by atoms with Crippen molar-refractivity contribution in [3.05, 3.63) is 29.8 Å². The van der Waals surface area contributed by atoms with E-state index in [4.69, 9.17) is 0 Å². The molecule has 3 rings (SSSR count). The lowest BCUT2D eigenvalue weighted by Crippen LogP contribution is -2.44. The number of guanidine groups is 1. The van der Waals surface area contributed by atoms with Crippen LogP contribution < -0.4 is 16.0 Å². The Labute approximate surface area is 192 Å². The van der Waals surface area contributed by atoms with Gasteiger partial charge in [0.25, 0.3) is 0 Å². The Balaban J connectivity index is 0.00000300. The Morgan fingerprint density at radius 3 is 2.69 bits per heavy atom. The maximum Gasteiger partial charge on any atom is 0.227 e. The molecule has 162 valence electrons. The zero-order chi connectivity index (χ0) is 19.8. The predicted molar refractivity (Wildman–Crippen MR) is 131 cm³/mol. The van der Waals surface area contributed by atoms with Crippen LogP contribution in [0.5, 0.6) is 0 Å². The van der Waals surface area contributed by atoms with E-state index in [1.54, 1.807) is 7.05 Å². The molecule has 0 spiro atoms. The summed E-state index contributed by atoms with van der Waals surface area (Å²) in [6, 6.07) is 8.67. The molecule has 1 heterocycles. The molecule has 29 heavy (non-hydrogen) atoms. The molecule has 1 aliphatic carbocycles. The number of hydrogen-bond acceptors (Lipinski definition) is 3. The van der Waals surface area contributed by atoms with Crippen molar-refractivity contribution in [2.24, 2.45) is 10.9 Å². The fourth-order valence-corrected chi connectivity index (χ4v) is 4.35. The van der Waals surface area contributed by atoms with E-state index in [2.05, 4.69) is 38.8 Å². The molecule has 2 fully saturated rings. The molecule has 7 heteroatoms. The number of anilines is 1. The quantitative estimate of drug-likeness (QED) is 0.296. The van der Waals surface area contributed by atoms with E-state index in [0.29, 0.717) is 12.6 Å². The third-order valence-corrected chi connectivity index (χ3v) is 6.01. The molecule has 1 atom stereocenters. The van der Waals surface area contributed by atoms with Gasteiger partial charge in [0.05, 0.1) is 0 Å². The summed E-state index contributed by atoms with van der Waals surface area (Å²) in [6.45, 7) is 6.13. The molecule has 0 radical (unpaired) electrons. The first-order chi connectivity index (χ1) is 13.7. The Kier molecular flexibility index (Phi) is 10.2. The maximum atomic E-state index is 12.3. The number of likely N-dealkylation sites (N-methyl/N-ethyl adjacent to an activating group) is 1. The van der Waals surface area contributed by atoms with Gasteiger partial charge in [-0.3, -0.25) is 14.7 Å². The molecule has 1 aromatic carbocycles. The summed E-state index contributed by atoms with van der Waals surface area (Å²) in [7, 11) is 1.81. The number of nitrogens with zero attached hydrogens (tertiary/aromatic N) is 2. The standard InChI is InChI=1S/C22H35N5O.HI/c1-3-27-13-7-12-20(27)16-25-22(23-2)24-15-17-8-6-11-19(14-17)26-21(28)18-9-4-5-10-18;/h6,8,11,14,18,20H,3-5,7,9-10,12-13,15-16H2,1-2H3,(H,26,28)(H2,23,24,25);1H. The number of amides is 1. The molecule has 1 aromatic rings. The van der Waals surface area contributed by atoms with Crippen molar-refractivity contribution in [3.8, 4) is 0 Å². The first kappa shape index (κ1) is 23.9. The van der Waals surface area contributed by atoms with Gasteiger partial charge in [0.1, 0.15) is 0 Å². The van der Waals surface area contributed by atoms with Gasteiger partial charge in [-0.05, 0) is 56.5 Å². The van der Waals surface area contributed by atoms with Crippen LogP contribution in [0, 0.1) is 5.92 Å². The molecule has 0 bridgehead atoms. The number of benzene rings is 1. The van der Waals surface area contributed by atoms with Gasteiger partial charge in [0.15, 0.2) is 5.96 Å². The largest absolute Gasteiger partial charge is 0.355 e. The van der Waals surface area contributed by atoms with E-state index < -0.39 is 0 Å². The van der Waals surface area contributed by atoms with Crippen LogP contribution in [-0.4, -0.2) is 49.5 Å². The monoisotopic (exact) mass is 513 g/mol. The topological polar surface area (TPSA) is 68.8 Å². The lowest BCUT2D eigenvalue weighted by atomic mass is 10.1. The fourth-order valence-electron chi connectivity index (χ4n) is 4.35. The molecule has 1 unspecified atom stereocenters. The van der Waals surface area contributed by atoms with Crippen molar-refractivity contribution >= 4 is 41.5 Å². The molecule has 1 amide bonds. The van der Waals surface area contributed by atoms with Crippen molar-refractivity contribution in [3.63, 3.8) is 0 Å². The van der Waals surface area contributed by atoms with E-state index in [0.717, 1.165) is 43.1 Å². The summed E-state index contributed by atoms with van der Waals surface area (Å²) in [5.74, 6) is 1.17. The number of aliphatic imine (C=N–C) groups is 1. The first-order valence-corrected chi connectivity index (χ1v) is 10.8. The van der Waals surface area contributed by atoms with Crippen molar-refractivity contribution in [1.82, 2.24) is 15.5 Å². The normalized spacial score (nSPS) is 20.3. The van der Waals surface area contributed by atoms with Crippen LogP contribution in [0.15, 0.2) is 29.3 Å². The number of likely N-dealkylation sites (tertiary alicyclic amines) is 1. The Hall–Kier alpha value is -1.35. The number of carbonyl (C=O) groups excluding carboxylic acids is 1. The lowest BCUT2D eigenvalue weighted by molar-refractivity contribution is -0.119.